The average molecular weight is 349 g/mol. The number of nitrogens with zero attached hydrogens (tertiary/aromatic N) is 1. The Morgan fingerprint density at radius 3 is 2.17 bits per heavy atom. The molecular formula is C18H30F3NO2. The molecule has 24 heavy (non-hydrogen) atoms. The molecule has 6 heteroatoms. The Bertz CT molecular complexity index is 422. The van der Waals surface area contributed by atoms with Crippen molar-refractivity contribution >= 4 is 5.91 Å². The third-order valence-corrected chi connectivity index (χ3v) is 5.86. The molecule has 1 amide bonds. The van der Waals surface area contributed by atoms with Crippen molar-refractivity contribution in [3.63, 3.8) is 0 Å². The summed E-state index contributed by atoms with van der Waals surface area (Å²) in [7, 11) is 0. The molecular weight excluding hydrogens is 319 g/mol. The van der Waals surface area contributed by atoms with E-state index in [0.29, 0.717) is 5.92 Å². The minimum absolute atomic E-state index is 0.0112. The van der Waals surface area contributed by atoms with Gasteiger partial charge in [0.25, 0.3) is 0 Å². The van der Waals surface area contributed by atoms with Crippen LogP contribution in [0.1, 0.15) is 65.2 Å². The predicted molar refractivity (Wildman–Crippen MR) is 86.3 cm³/mol. The van der Waals surface area contributed by atoms with Crippen LogP contribution in [-0.2, 0) is 4.79 Å². The van der Waals surface area contributed by atoms with E-state index in [1.165, 1.54) is 24.2 Å². The fourth-order valence-corrected chi connectivity index (χ4v) is 4.06. The third-order valence-electron chi connectivity index (χ3n) is 5.86. The molecule has 1 aliphatic carbocycles. The van der Waals surface area contributed by atoms with Gasteiger partial charge >= 0.3 is 6.18 Å². The van der Waals surface area contributed by atoms with Crippen molar-refractivity contribution in [1.82, 2.24) is 4.90 Å². The van der Waals surface area contributed by atoms with Gasteiger partial charge in [0.2, 0.25) is 5.91 Å². The zero-order valence-corrected chi connectivity index (χ0v) is 14.7. The summed E-state index contributed by atoms with van der Waals surface area (Å²) in [5, 5.41) is 9.75. The van der Waals surface area contributed by atoms with Crippen LogP contribution in [0.4, 0.5) is 13.2 Å². The number of rotatable bonds is 4. The molecule has 1 heterocycles. The van der Waals surface area contributed by atoms with Crippen LogP contribution in [0.2, 0.25) is 0 Å². The molecule has 1 saturated carbocycles. The number of likely N-dealkylation sites (tertiary alicyclic amines) is 1. The van der Waals surface area contributed by atoms with Crippen LogP contribution >= 0.6 is 0 Å². The van der Waals surface area contributed by atoms with Crippen LogP contribution in [0.15, 0.2) is 0 Å². The van der Waals surface area contributed by atoms with E-state index in [1.807, 2.05) is 13.8 Å². The lowest BCUT2D eigenvalue weighted by Gasteiger charge is -2.41. The van der Waals surface area contributed by atoms with E-state index >= 15 is 0 Å². The Morgan fingerprint density at radius 1 is 1.17 bits per heavy atom. The predicted octanol–water partition coefficient (Wildman–Crippen LogP) is 4.14. The van der Waals surface area contributed by atoms with E-state index < -0.39 is 24.6 Å². The normalized spacial score (nSPS) is 24.2. The molecule has 1 N–H and O–H groups in total. The number of carbonyl (C=O) groups is 1. The molecule has 140 valence electrons. The minimum atomic E-state index is -4.62. The monoisotopic (exact) mass is 349 g/mol. The standard InChI is InChI=1S/C18H30F3NO2/c1-13(2)15(12-14-6-4-3-5-7-14)16(23)22-10-8-17(24,9-11-22)18(19,20)21/h13-15,24H,3-12H2,1-2H3. The van der Waals surface area contributed by atoms with E-state index in [4.69, 9.17) is 0 Å². The second kappa shape index (κ2) is 7.63. The SMILES string of the molecule is CC(C)C(CC1CCCCC1)C(=O)N1CCC(O)(C(F)(F)F)CC1. The molecule has 0 radical (unpaired) electrons. The van der Waals surface area contributed by atoms with Crippen molar-refractivity contribution in [2.75, 3.05) is 13.1 Å². The lowest BCUT2D eigenvalue weighted by atomic mass is 9.78. The van der Waals surface area contributed by atoms with Gasteiger partial charge in [0.15, 0.2) is 5.60 Å². The lowest BCUT2D eigenvalue weighted by Crippen LogP contribution is -2.55. The first-order valence-corrected chi connectivity index (χ1v) is 9.22. The van der Waals surface area contributed by atoms with Crippen molar-refractivity contribution in [3.8, 4) is 0 Å². The Balaban J connectivity index is 1.95. The zero-order chi connectivity index (χ0) is 18.0. The molecule has 0 bridgehead atoms. The van der Waals surface area contributed by atoms with Crippen molar-refractivity contribution < 1.29 is 23.1 Å². The van der Waals surface area contributed by atoms with Crippen LogP contribution in [-0.4, -0.2) is 40.8 Å². The molecule has 1 atom stereocenters. The fraction of sp³-hybridized carbons (Fsp3) is 0.944. The molecule has 1 unspecified atom stereocenters. The highest BCUT2D eigenvalue weighted by molar-refractivity contribution is 5.79. The summed E-state index contributed by atoms with van der Waals surface area (Å²) in [5.41, 5.74) is -2.64. The summed E-state index contributed by atoms with van der Waals surface area (Å²) in [6.45, 7) is 4.01. The van der Waals surface area contributed by atoms with Crippen LogP contribution in [0.25, 0.3) is 0 Å². The van der Waals surface area contributed by atoms with E-state index in [-0.39, 0.29) is 30.8 Å². The van der Waals surface area contributed by atoms with Gasteiger partial charge in [-0.05, 0) is 18.3 Å². The first-order valence-electron chi connectivity index (χ1n) is 9.22. The summed E-state index contributed by atoms with van der Waals surface area (Å²) in [6.07, 6.45) is 1.39. The summed E-state index contributed by atoms with van der Waals surface area (Å²) in [4.78, 5) is 14.4. The lowest BCUT2D eigenvalue weighted by molar-refractivity contribution is -0.272. The molecule has 1 saturated heterocycles. The highest BCUT2D eigenvalue weighted by Gasteiger charge is 2.55. The first-order chi connectivity index (χ1) is 11.1. The van der Waals surface area contributed by atoms with E-state index in [0.717, 1.165) is 19.3 Å². The molecule has 3 nitrogen and oxygen atoms in total. The summed E-state index contributed by atoms with van der Waals surface area (Å²) in [6, 6.07) is 0. The largest absolute Gasteiger partial charge is 0.417 e. The van der Waals surface area contributed by atoms with Gasteiger partial charge in [0, 0.05) is 31.8 Å². The Hall–Kier alpha value is -0.780. The number of amides is 1. The summed E-state index contributed by atoms with van der Waals surface area (Å²) >= 11 is 0. The number of piperidine rings is 1. The number of alkyl halides is 3. The topological polar surface area (TPSA) is 40.5 Å². The van der Waals surface area contributed by atoms with Crippen molar-refractivity contribution in [2.45, 2.75) is 77.0 Å². The van der Waals surface area contributed by atoms with E-state index in [9.17, 15) is 23.1 Å². The molecule has 2 rings (SSSR count). The first kappa shape index (κ1) is 19.5. The Morgan fingerprint density at radius 2 is 1.71 bits per heavy atom. The fourth-order valence-electron chi connectivity index (χ4n) is 4.06. The molecule has 2 aliphatic rings. The van der Waals surface area contributed by atoms with Crippen molar-refractivity contribution in [3.05, 3.63) is 0 Å². The molecule has 0 aromatic heterocycles. The number of carbonyl (C=O) groups excluding carboxylic acids is 1. The highest BCUT2D eigenvalue weighted by Crippen LogP contribution is 2.39. The van der Waals surface area contributed by atoms with Gasteiger partial charge in [0.05, 0.1) is 0 Å². The average Bonchev–Trinajstić information content (AvgIpc) is 2.52. The summed E-state index contributed by atoms with van der Waals surface area (Å²) < 4.78 is 38.7. The van der Waals surface area contributed by atoms with Crippen LogP contribution in [0.5, 0.6) is 0 Å². The van der Waals surface area contributed by atoms with Gasteiger partial charge in [0.1, 0.15) is 0 Å². The Labute approximate surface area is 142 Å². The third kappa shape index (κ3) is 4.44. The quantitative estimate of drug-likeness (QED) is 0.828. The molecule has 0 aromatic carbocycles. The number of aliphatic hydroxyl groups is 1. The molecule has 0 spiro atoms. The van der Waals surface area contributed by atoms with Crippen molar-refractivity contribution in [1.29, 1.82) is 0 Å². The number of halogens is 3. The Kier molecular flexibility index (Phi) is 6.21. The molecule has 2 fully saturated rings. The highest BCUT2D eigenvalue weighted by atomic mass is 19.4. The maximum absolute atomic E-state index is 12.9. The maximum atomic E-state index is 12.9. The van der Waals surface area contributed by atoms with E-state index in [2.05, 4.69) is 0 Å². The smallest absolute Gasteiger partial charge is 0.380 e. The number of hydrogen-bond acceptors (Lipinski definition) is 2. The molecule has 1 aliphatic heterocycles. The minimum Gasteiger partial charge on any atom is -0.380 e. The van der Waals surface area contributed by atoms with Gasteiger partial charge in [-0.3, -0.25) is 4.79 Å². The van der Waals surface area contributed by atoms with Gasteiger partial charge in [-0.2, -0.15) is 13.2 Å². The maximum Gasteiger partial charge on any atom is 0.417 e. The van der Waals surface area contributed by atoms with Crippen LogP contribution in [0.3, 0.4) is 0 Å². The van der Waals surface area contributed by atoms with Crippen LogP contribution in [0, 0.1) is 17.8 Å². The van der Waals surface area contributed by atoms with Gasteiger partial charge < -0.3 is 10.0 Å². The van der Waals surface area contributed by atoms with Crippen molar-refractivity contribution in [2.24, 2.45) is 17.8 Å². The second-order valence-electron chi connectivity index (χ2n) is 7.94. The number of hydrogen-bond donors (Lipinski definition) is 1. The van der Waals surface area contributed by atoms with E-state index in [1.54, 1.807) is 0 Å². The van der Waals surface area contributed by atoms with Gasteiger partial charge in [-0.25, -0.2) is 0 Å². The zero-order valence-electron chi connectivity index (χ0n) is 14.7. The summed E-state index contributed by atoms with van der Waals surface area (Å²) in [5.74, 6) is 0.597. The van der Waals surface area contributed by atoms with Gasteiger partial charge in [-0.1, -0.05) is 46.0 Å². The van der Waals surface area contributed by atoms with Gasteiger partial charge in [-0.15, -0.1) is 0 Å². The van der Waals surface area contributed by atoms with Crippen LogP contribution < -0.4 is 0 Å². The second-order valence-corrected chi connectivity index (χ2v) is 7.94. The molecule has 0 aromatic rings.